The maximum atomic E-state index is 8.31. The van der Waals surface area contributed by atoms with Crippen molar-refractivity contribution in [2.75, 3.05) is 6.61 Å². The van der Waals surface area contributed by atoms with Crippen LogP contribution in [0.15, 0.2) is 0 Å². The summed E-state index contributed by atoms with van der Waals surface area (Å²) in [5.74, 6) is 0. The van der Waals surface area contributed by atoms with Gasteiger partial charge in [0.15, 0.2) is 0 Å². The van der Waals surface area contributed by atoms with E-state index in [0.717, 1.165) is 0 Å². The van der Waals surface area contributed by atoms with Gasteiger partial charge in [-0.05, 0) is 6.92 Å². The summed E-state index contributed by atoms with van der Waals surface area (Å²) in [4.78, 5) is 0. The van der Waals surface area contributed by atoms with E-state index in [4.69, 9.17) is 5.11 Å². The van der Waals surface area contributed by atoms with Gasteiger partial charge < -0.3 is 10.4 Å². The largest absolute Gasteiger partial charge is 0.395 e. The third kappa shape index (κ3) is 0.533. The summed E-state index contributed by atoms with van der Waals surface area (Å²) >= 11 is 0. The molecule has 6 heavy (non-hydrogen) atoms. The van der Waals surface area contributed by atoms with Gasteiger partial charge in [0, 0.05) is 12.1 Å². The zero-order chi connectivity index (χ0) is 4.57. The number of aliphatic hydroxyl groups is 1. The Morgan fingerprint density at radius 1 is 1.83 bits per heavy atom. The molecule has 0 aromatic carbocycles. The molecule has 1 rings (SSSR count). The average Bonchev–Trinajstić information content (AvgIpc) is 2.19. The maximum Gasteiger partial charge on any atom is 0.0599 e. The number of hydrogen-bond acceptors (Lipinski definition) is 2. The first-order chi connectivity index (χ1) is 2.84. The van der Waals surface area contributed by atoms with Crippen molar-refractivity contribution in [3.8, 4) is 0 Å². The molecule has 1 saturated heterocycles. The SMILES string of the molecule is CC1NC1CO. The Hall–Kier alpha value is -0.0800. The van der Waals surface area contributed by atoms with Crippen molar-refractivity contribution in [3.63, 3.8) is 0 Å². The number of rotatable bonds is 1. The molecule has 36 valence electrons. The molecule has 2 atom stereocenters. The van der Waals surface area contributed by atoms with Gasteiger partial charge in [0.05, 0.1) is 6.61 Å². The summed E-state index contributed by atoms with van der Waals surface area (Å²) in [6, 6.07) is 0.972. The quantitative estimate of drug-likeness (QED) is 0.417. The maximum absolute atomic E-state index is 8.31. The number of nitrogens with one attached hydrogen (secondary N) is 1. The van der Waals surface area contributed by atoms with E-state index < -0.39 is 0 Å². The van der Waals surface area contributed by atoms with Crippen LogP contribution in [0.4, 0.5) is 0 Å². The van der Waals surface area contributed by atoms with Crippen LogP contribution in [-0.4, -0.2) is 23.8 Å². The Labute approximate surface area is 37.2 Å². The van der Waals surface area contributed by atoms with Crippen molar-refractivity contribution >= 4 is 0 Å². The summed E-state index contributed by atoms with van der Waals surface area (Å²) in [5, 5.41) is 11.3. The minimum Gasteiger partial charge on any atom is -0.395 e. The van der Waals surface area contributed by atoms with Crippen molar-refractivity contribution in [2.24, 2.45) is 0 Å². The van der Waals surface area contributed by atoms with Crippen LogP contribution in [0.25, 0.3) is 0 Å². The third-order valence-corrected chi connectivity index (χ3v) is 1.17. The van der Waals surface area contributed by atoms with Crippen LogP contribution in [0, 0.1) is 0 Å². The molecule has 2 nitrogen and oxygen atoms in total. The van der Waals surface area contributed by atoms with Crippen molar-refractivity contribution in [3.05, 3.63) is 0 Å². The molecule has 0 saturated carbocycles. The summed E-state index contributed by atoms with van der Waals surface area (Å²) in [6.45, 7) is 2.35. The monoisotopic (exact) mass is 87.1 g/mol. The third-order valence-electron chi connectivity index (χ3n) is 1.17. The van der Waals surface area contributed by atoms with Crippen LogP contribution in [0.3, 0.4) is 0 Å². The van der Waals surface area contributed by atoms with Crippen molar-refractivity contribution in [1.29, 1.82) is 0 Å². The molecule has 0 aromatic heterocycles. The molecule has 0 spiro atoms. The second-order valence-corrected chi connectivity index (χ2v) is 1.74. The van der Waals surface area contributed by atoms with E-state index >= 15 is 0 Å². The second kappa shape index (κ2) is 1.21. The Morgan fingerprint density at radius 2 is 2.33 bits per heavy atom. The van der Waals surface area contributed by atoms with E-state index in [1.54, 1.807) is 0 Å². The first kappa shape index (κ1) is 4.09. The van der Waals surface area contributed by atoms with Gasteiger partial charge in [-0.25, -0.2) is 0 Å². The van der Waals surface area contributed by atoms with Crippen LogP contribution in [0.2, 0.25) is 0 Å². The molecule has 0 aromatic rings. The molecule has 0 radical (unpaired) electrons. The lowest BCUT2D eigenvalue weighted by Crippen LogP contribution is -1.96. The van der Waals surface area contributed by atoms with Crippen LogP contribution in [-0.2, 0) is 0 Å². The normalized spacial score (nSPS) is 43.0. The Kier molecular flexibility index (Phi) is 0.821. The Balaban J connectivity index is 2.09. The fourth-order valence-corrected chi connectivity index (χ4v) is 0.493. The second-order valence-electron chi connectivity index (χ2n) is 1.74. The van der Waals surface area contributed by atoms with Crippen LogP contribution < -0.4 is 5.32 Å². The lowest BCUT2D eigenvalue weighted by Gasteiger charge is -1.76. The summed E-state index contributed by atoms with van der Waals surface area (Å²) < 4.78 is 0. The minimum atomic E-state index is 0.293. The standard InChI is InChI=1S/C4H9NO/c1-3-4(2-6)5-3/h3-6H,2H2,1H3. The van der Waals surface area contributed by atoms with Gasteiger partial charge in [-0.15, -0.1) is 0 Å². The highest BCUT2D eigenvalue weighted by molar-refractivity contribution is 4.93. The average molecular weight is 87.1 g/mol. The molecular weight excluding hydrogens is 78.0 g/mol. The molecule has 1 aliphatic rings. The molecule has 0 amide bonds. The zero-order valence-corrected chi connectivity index (χ0v) is 3.81. The molecule has 2 unspecified atom stereocenters. The van der Waals surface area contributed by atoms with Crippen molar-refractivity contribution in [1.82, 2.24) is 5.32 Å². The highest BCUT2D eigenvalue weighted by Gasteiger charge is 2.29. The van der Waals surface area contributed by atoms with Crippen molar-refractivity contribution < 1.29 is 5.11 Å². The molecule has 0 aliphatic carbocycles. The van der Waals surface area contributed by atoms with Crippen molar-refractivity contribution in [2.45, 2.75) is 19.0 Å². The highest BCUT2D eigenvalue weighted by Crippen LogP contribution is 2.06. The Morgan fingerprint density at radius 3 is 2.33 bits per heavy atom. The fraction of sp³-hybridized carbons (Fsp3) is 1.00. The van der Waals surface area contributed by atoms with E-state index in [1.807, 2.05) is 0 Å². The minimum absolute atomic E-state index is 0.293. The van der Waals surface area contributed by atoms with Gasteiger partial charge in [0.25, 0.3) is 0 Å². The summed E-state index contributed by atoms with van der Waals surface area (Å²) in [5.41, 5.74) is 0. The van der Waals surface area contributed by atoms with Gasteiger partial charge in [-0.2, -0.15) is 0 Å². The zero-order valence-electron chi connectivity index (χ0n) is 3.81. The van der Waals surface area contributed by atoms with Crippen LogP contribution in [0.1, 0.15) is 6.92 Å². The van der Waals surface area contributed by atoms with Gasteiger partial charge in [0.2, 0.25) is 0 Å². The van der Waals surface area contributed by atoms with E-state index in [-0.39, 0.29) is 0 Å². The van der Waals surface area contributed by atoms with Gasteiger partial charge in [0.1, 0.15) is 0 Å². The molecule has 0 bridgehead atoms. The van der Waals surface area contributed by atoms with E-state index in [1.165, 1.54) is 0 Å². The molecule has 2 N–H and O–H groups in total. The molecule has 1 aliphatic heterocycles. The summed E-state index contributed by atoms with van der Waals surface area (Å²) in [7, 11) is 0. The van der Waals surface area contributed by atoms with Gasteiger partial charge in [-0.1, -0.05) is 0 Å². The van der Waals surface area contributed by atoms with Crippen LogP contribution >= 0.6 is 0 Å². The number of hydrogen-bond donors (Lipinski definition) is 2. The molecule has 1 heterocycles. The predicted molar refractivity (Wildman–Crippen MR) is 23.5 cm³/mol. The lowest BCUT2D eigenvalue weighted by atomic mass is 10.4. The van der Waals surface area contributed by atoms with E-state index in [9.17, 15) is 0 Å². The Bertz CT molecular complexity index is 53.5. The molecule has 2 heteroatoms. The molecule has 1 fully saturated rings. The topological polar surface area (TPSA) is 42.2 Å². The lowest BCUT2D eigenvalue weighted by molar-refractivity contribution is 0.295. The predicted octanol–water partition coefficient (Wildman–Crippen LogP) is -0.661. The van der Waals surface area contributed by atoms with Crippen LogP contribution in [0.5, 0.6) is 0 Å². The summed E-state index contributed by atoms with van der Waals surface area (Å²) in [6.07, 6.45) is 0. The van der Waals surface area contributed by atoms with E-state index in [0.29, 0.717) is 18.7 Å². The highest BCUT2D eigenvalue weighted by atomic mass is 16.3. The van der Waals surface area contributed by atoms with Gasteiger partial charge in [-0.3, -0.25) is 0 Å². The molecular formula is C4H9NO. The smallest absolute Gasteiger partial charge is 0.0599 e. The van der Waals surface area contributed by atoms with E-state index in [2.05, 4.69) is 12.2 Å². The fourth-order valence-electron chi connectivity index (χ4n) is 0.493. The first-order valence-corrected chi connectivity index (χ1v) is 2.21. The number of aliphatic hydroxyl groups excluding tert-OH is 1. The van der Waals surface area contributed by atoms with Gasteiger partial charge >= 0.3 is 0 Å². The first-order valence-electron chi connectivity index (χ1n) is 2.21.